The number of nitrogens with two attached hydrogens (primary N) is 1. The Balaban J connectivity index is 2.27. The van der Waals surface area contributed by atoms with Crippen LogP contribution >= 0.6 is 0 Å². The van der Waals surface area contributed by atoms with Crippen LogP contribution < -0.4 is 10.5 Å². The van der Waals surface area contributed by atoms with Gasteiger partial charge in [-0.25, -0.2) is 17.5 Å². The molecule has 0 spiro atoms. The van der Waals surface area contributed by atoms with Crippen molar-refractivity contribution >= 4 is 15.7 Å². The molecule has 0 radical (unpaired) electrons. The highest BCUT2D eigenvalue weighted by Crippen LogP contribution is 2.21. The lowest BCUT2D eigenvalue weighted by Gasteiger charge is -2.11. The zero-order chi connectivity index (χ0) is 15.6. The van der Waals surface area contributed by atoms with E-state index in [1.165, 1.54) is 6.92 Å². The molecule has 2 rings (SSSR count). The van der Waals surface area contributed by atoms with Gasteiger partial charge in [0.25, 0.3) is 0 Å². The predicted molar refractivity (Wildman–Crippen MR) is 78.5 cm³/mol. The summed E-state index contributed by atoms with van der Waals surface area (Å²) in [5, 5.41) is 0. The maximum Gasteiger partial charge on any atom is 0.241 e. The number of nitrogen functional groups attached to an aromatic ring is 1. The van der Waals surface area contributed by atoms with Gasteiger partial charge in [-0.2, -0.15) is 0 Å². The molecule has 0 aliphatic rings. The number of hydrogen-bond donors (Lipinski definition) is 2. The highest BCUT2D eigenvalue weighted by Gasteiger charge is 2.19. The number of aromatic nitrogens is 1. The molecule has 0 atom stereocenters. The quantitative estimate of drug-likeness (QED) is 0.845. The van der Waals surface area contributed by atoms with E-state index in [1.807, 2.05) is 6.92 Å². The molecule has 2 aromatic rings. The molecular weight excluding hydrogens is 293 g/mol. The molecule has 0 saturated carbocycles. The molecule has 1 aromatic carbocycles. The summed E-state index contributed by atoms with van der Waals surface area (Å²) in [6.45, 7) is 3.50. The van der Waals surface area contributed by atoms with E-state index in [0.717, 1.165) is 23.3 Å². The van der Waals surface area contributed by atoms with Gasteiger partial charge in [-0.15, -0.1) is 0 Å². The van der Waals surface area contributed by atoms with Crippen molar-refractivity contribution in [2.75, 3.05) is 5.73 Å². The second kappa shape index (κ2) is 5.79. The van der Waals surface area contributed by atoms with Crippen LogP contribution in [0.5, 0.6) is 0 Å². The number of nitrogens with zero attached hydrogens (tertiary/aromatic N) is 1. The van der Waals surface area contributed by atoms with Crippen LogP contribution in [0.1, 0.15) is 16.7 Å². The van der Waals surface area contributed by atoms with Gasteiger partial charge >= 0.3 is 0 Å². The number of sulfonamides is 1. The summed E-state index contributed by atoms with van der Waals surface area (Å²) in [4.78, 5) is 3.93. The van der Waals surface area contributed by atoms with Gasteiger partial charge in [0, 0.05) is 18.9 Å². The van der Waals surface area contributed by atoms with Crippen LogP contribution in [0, 0.1) is 19.7 Å². The van der Waals surface area contributed by atoms with Gasteiger partial charge in [-0.1, -0.05) is 0 Å². The predicted octanol–water partition coefficient (Wildman–Crippen LogP) is 1.90. The molecule has 0 amide bonds. The minimum absolute atomic E-state index is 0.0251. The third-order valence-corrected chi connectivity index (χ3v) is 4.73. The Hall–Kier alpha value is -1.99. The fourth-order valence-corrected chi connectivity index (χ4v) is 3.16. The smallest absolute Gasteiger partial charge is 0.241 e. The molecule has 3 N–H and O–H groups in total. The SMILES string of the molecule is Cc1ccncc1CNS(=O)(=O)c1cc(N)c(F)cc1C. The summed E-state index contributed by atoms with van der Waals surface area (Å²) in [7, 11) is -3.77. The second-order valence-corrected chi connectivity index (χ2v) is 6.50. The molecule has 5 nitrogen and oxygen atoms in total. The largest absolute Gasteiger partial charge is 0.396 e. The van der Waals surface area contributed by atoms with Gasteiger partial charge in [-0.05, 0) is 48.7 Å². The fourth-order valence-electron chi connectivity index (χ4n) is 1.89. The molecule has 1 heterocycles. The van der Waals surface area contributed by atoms with Crippen molar-refractivity contribution < 1.29 is 12.8 Å². The van der Waals surface area contributed by atoms with Gasteiger partial charge in [0.15, 0.2) is 0 Å². The first kappa shape index (κ1) is 15.4. The zero-order valence-corrected chi connectivity index (χ0v) is 12.5. The Kier molecular flexibility index (Phi) is 4.24. The maximum absolute atomic E-state index is 13.3. The minimum atomic E-state index is -3.77. The molecule has 0 fully saturated rings. The van der Waals surface area contributed by atoms with Crippen molar-refractivity contribution in [1.29, 1.82) is 0 Å². The number of nitrogens with one attached hydrogen (secondary N) is 1. The molecule has 0 saturated heterocycles. The van der Waals surface area contributed by atoms with Gasteiger partial charge in [0.1, 0.15) is 5.82 Å². The fraction of sp³-hybridized carbons (Fsp3) is 0.214. The first-order valence-corrected chi connectivity index (χ1v) is 7.74. The number of hydrogen-bond acceptors (Lipinski definition) is 4. The molecule has 1 aromatic heterocycles. The first-order valence-electron chi connectivity index (χ1n) is 6.26. The highest BCUT2D eigenvalue weighted by atomic mass is 32.2. The van der Waals surface area contributed by atoms with E-state index in [0.29, 0.717) is 5.56 Å². The topological polar surface area (TPSA) is 85.1 Å². The molecule has 0 unspecified atom stereocenters. The van der Waals surface area contributed by atoms with E-state index < -0.39 is 15.8 Å². The molecule has 21 heavy (non-hydrogen) atoms. The van der Waals surface area contributed by atoms with Crippen LogP contribution in [0.4, 0.5) is 10.1 Å². The van der Waals surface area contributed by atoms with Crippen molar-refractivity contribution in [1.82, 2.24) is 9.71 Å². The van der Waals surface area contributed by atoms with Crippen LogP contribution in [0.3, 0.4) is 0 Å². The Morgan fingerprint density at radius 2 is 2.00 bits per heavy atom. The molecule has 0 aliphatic heterocycles. The van der Waals surface area contributed by atoms with Crippen LogP contribution in [0.15, 0.2) is 35.5 Å². The Bertz CT molecular complexity index is 776. The first-order chi connectivity index (χ1) is 9.81. The van der Waals surface area contributed by atoms with E-state index in [2.05, 4.69) is 9.71 Å². The van der Waals surface area contributed by atoms with Gasteiger partial charge in [0.05, 0.1) is 10.6 Å². The molecule has 0 aliphatic carbocycles. The third-order valence-electron chi connectivity index (χ3n) is 3.18. The van der Waals surface area contributed by atoms with Gasteiger partial charge in [0.2, 0.25) is 10.0 Å². The Morgan fingerprint density at radius 3 is 2.67 bits per heavy atom. The Labute approximate surface area is 123 Å². The van der Waals surface area contributed by atoms with E-state index in [1.54, 1.807) is 18.5 Å². The average molecular weight is 309 g/mol. The summed E-state index contributed by atoms with van der Waals surface area (Å²) < 4.78 is 40.4. The average Bonchev–Trinajstić information content (AvgIpc) is 2.42. The van der Waals surface area contributed by atoms with Gasteiger partial charge in [-0.3, -0.25) is 4.98 Å². The molecule has 7 heteroatoms. The van der Waals surface area contributed by atoms with Crippen molar-refractivity contribution in [3.05, 3.63) is 53.1 Å². The minimum Gasteiger partial charge on any atom is -0.396 e. The number of pyridine rings is 1. The lowest BCUT2D eigenvalue weighted by molar-refractivity contribution is 0.579. The number of rotatable bonds is 4. The van der Waals surface area contributed by atoms with Crippen LogP contribution in [0.25, 0.3) is 0 Å². The van der Waals surface area contributed by atoms with E-state index in [9.17, 15) is 12.8 Å². The number of anilines is 1. The van der Waals surface area contributed by atoms with Crippen molar-refractivity contribution in [2.24, 2.45) is 0 Å². The summed E-state index contributed by atoms with van der Waals surface area (Å²) in [5.74, 6) is -0.630. The zero-order valence-electron chi connectivity index (χ0n) is 11.7. The highest BCUT2D eigenvalue weighted by molar-refractivity contribution is 7.89. The van der Waals surface area contributed by atoms with E-state index >= 15 is 0 Å². The van der Waals surface area contributed by atoms with Crippen molar-refractivity contribution in [3.63, 3.8) is 0 Å². The summed E-state index contributed by atoms with van der Waals surface area (Å²) >= 11 is 0. The molecular formula is C14H16FN3O2S. The second-order valence-electron chi connectivity index (χ2n) is 4.77. The summed E-state index contributed by atoms with van der Waals surface area (Å²) in [6, 6.07) is 4.03. The monoisotopic (exact) mass is 309 g/mol. The molecule has 112 valence electrons. The number of benzene rings is 1. The lowest BCUT2D eigenvalue weighted by atomic mass is 10.2. The number of halogens is 1. The van der Waals surface area contributed by atoms with Crippen molar-refractivity contribution in [3.8, 4) is 0 Å². The number of aryl methyl sites for hydroxylation is 2. The van der Waals surface area contributed by atoms with Crippen molar-refractivity contribution in [2.45, 2.75) is 25.3 Å². The summed E-state index contributed by atoms with van der Waals surface area (Å²) in [5.41, 5.74) is 7.25. The van der Waals surface area contributed by atoms with Crippen LogP contribution in [0.2, 0.25) is 0 Å². The summed E-state index contributed by atoms with van der Waals surface area (Å²) in [6.07, 6.45) is 3.24. The van der Waals surface area contributed by atoms with Crippen LogP contribution in [-0.4, -0.2) is 13.4 Å². The normalized spacial score (nSPS) is 11.6. The molecule has 0 bridgehead atoms. The Morgan fingerprint density at radius 1 is 1.29 bits per heavy atom. The standard InChI is InChI=1S/C14H16FN3O2S/c1-9-3-4-17-7-11(9)8-18-21(19,20)14-6-13(16)12(15)5-10(14)2/h3-7,18H,8,16H2,1-2H3. The van der Waals surface area contributed by atoms with Gasteiger partial charge < -0.3 is 5.73 Å². The lowest BCUT2D eigenvalue weighted by Crippen LogP contribution is -2.24. The third kappa shape index (κ3) is 3.37. The van der Waals surface area contributed by atoms with Crippen LogP contribution in [-0.2, 0) is 16.6 Å². The maximum atomic E-state index is 13.3. The van der Waals surface area contributed by atoms with E-state index in [4.69, 9.17) is 5.73 Å². The van der Waals surface area contributed by atoms with E-state index in [-0.39, 0.29) is 17.1 Å².